The molecule has 24 N–H and O–H groups in total. The van der Waals surface area contributed by atoms with E-state index in [1.165, 1.54) is 51.7 Å². The highest BCUT2D eigenvalue weighted by atomic mass is 33.1. The largest absolute Gasteiger partial charge is 0.445 e. The van der Waals surface area contributed by atoms with Crippen molar-refractivity contribution < 1.29 is 197 Å². The van der Waals surface area contributed by atoms with Crippen LogP contribution in [0, 0.1) is 24.2 Å². The molecule has 23 aliphatic heterocycles. The zero-order chi connectivity index (χ0) is 94.8. The predicted octanol–water partition coefficient (Wildman–Crippen LogP) is -7.85. The van der Waals surface area contributed by atoms with E-state index in [0.717, 1.165) is 28.0 Å². The third kappa shape index (κ3) is 25.5. The van der Waals surface area contributed by atoms with Gasteiger partial charge in [-0.05, 0) is 64.0 Å². The van der Waals surface area contributed by atoms with Crippen LogP contribution >= 0.6 is 56.4 Å². The van der Waals surface area contributed by atoms with E-state index in [1.54, 1.807) is 27.7 Å². The van der Waals surface area contributed by atoms with E-state index in [9.17, 15) is 121 Å². The lowest BCUT2D eigenvalue weighted by atomic mass is 9.72. The van der Waals surface area contributed by atoms with Crippen LogP contribution in [0.4, 0.5) is 4.79 Å². The normalized spacial score (nSPS) is 44.8. The lowest BCUT2D eigenvalue weighted by molar-refractivity contribution is -0.395. The third-order valence-electron chi connectivity index (χ3n) is 25.4. The van der Waals surface area contributed by atoms with Gasteiger partial charge in [0.2, 0.25) is 11.8 Å². The summed E-state index contributed by atoms with van der Waals surface area (Å²) in [6.07, 6.45) is -69.2. The number of hydrogen-bond acceptors (Lipinski definition) is 47. The standard InChI is InChI=1S/C80H131N5O40S5/c1-10-126-28-42-67-52(98)59(105)76(115-42)120-65-40(24-89)111-73(55(101)48(65)94)119-64-39(23-88)114-75(58(104)51(64)97)123-68-43(116-77(60(106)53(68)99)121-66-41(25-90)112-72(56(102)49(66)95)117-62-37(21-86)110-71(54(100)47(62)93)118-63-38(22-87)113-74(122-67)57(103)50(63)96)29-127-27-36(81-9)70(108)82-14-16-129-130-17-15-83-78(109)124-61-30(2)12-11-13-80(8)45(125-80)19-35(31(3)18-34-26-128-33(5)84-34)85-46(92)20-44(91)79(6,7)69(107)32(61)4/h18,26,30,32,35-45,47-68,71-77,81,86-91,93-106H,10-17,19-25,27-29H2,1-9H3,(H,82,108)(H,83,109)(H,85,92)/b31-18+/t30-,32+,35-,36?,37?,38?,39?,40?,41?,42?,43?,44-,45-,47+,48?,49?,50+,51?,52+,53?,54?,55-,56-,57?,58-,59?,60-,61-,62+,63-,64+,65+,66+,67+,68+,71+,72+,73+,74+,75+,76+,77+,80+/m0/s1. The number of epoxide rings is 1. The van der Waals surface area contributed by atoms with Gasteiger partial charge in [0.15, 0.2) is 44.0 Å². The molecule has 50 heteroatoms. The Kier molecular flexibility index (Phi) is 40.1. The van der Waals surface area contributed by atoms with Crippen LogP contribution in [0.1, 0.15) is 91.3 Å². The molecule has 43 atom stereocenters. The second kappa shape index (κ2) is 48.4. The Hall–Kier alpha value is -2.79. The van der Waals surface area contributed by atoms with Crippen molar-refractivity contribution in [2.45, 2.75) is 338 Å². The molecule has 15 unspecified atom stereocenters. The Balaban J connectivity index is 0.737. The number of thiazole rings is 1. The Morgan fingerprint density at radius 3 is 1.28 bits per heavy atom. The summed E-state index contributed by atoms with van der Waals surface area (Å²) >= 11 is 3.73. The van der Waals surface area contributed by atoms with Crippen LogP contribution in [0.3, 0.4) is 0 Å². The van der Waals surface area contributed by atoms with E-state index in [2.05, 4.69) is 26.3 Å². The van der Waals surface area contributed by atoms with Crippen molar-refractivity contribution in [1.29, 1.82) is 0 Å². The Labute approximate surface area is 770 Å². The number of aliphatic hydroxyl groups excluding tert-OH is 20. The number of nitrogens with one attached hydrogen (secondary N) is 4. The summed E-state index contributed by atoms with van der Waals surface area (Å²) in [5.74, 6) is -1.84. The van der Waals surface area contributed by atoms with E-state index < -0.39 is 313 Å². The molecule has 45 nitrogen and oxygen atoms in total. The van der Waals surface area contributed by atoms with E-state index in [1.807, 2.05) is 39.2 Å². The molecule has 746 valence electrons. The lowest BCUT2D eigenvalue weighted by Crippen LogP contribution is -2.68. The van der Waals surface area contributed by atoms with Gasteiger partial charge in [0.1, 0.15) is 171 Å². The van der Waals surface area contributed by atoms with Crippen molar-refractivity contribution >= 4 is 86.2 Å². The van der Waals surface area contributed by atoms with Gasteiger partial charge in [-0.15, -0.1) is 11.3 Å². The second-order valence-electron chi connectivity index (χ2n) is 35.0. The fourth-order valence-corrected chi connectivity index (χ4v) is 21.7. The third-order valence-corrected chi connectivity index (χ3v) is 30.7. The van der Waals surface area contributed by atoms with E-state index in [4.69, 9.17) is 75.8 Å². The maximum Gasteiger partial charge on any atom is 0.407 e. The van der Waals surface area contributed by atoms with Crippen LogP contribution in [0.2, 0.25) is 0 Å². The average Bonchev–Trinajstić information content (AvgIpc) is 1.69. The number of amides is 3. The number of alkyl carbamates (subject to hydrolysis) is 1. The molecule has 3 amide bonds. The molecule has 23 saturated heterocycles. The summed E-state index contributed by atoms with van der Waals surface area (Å²) < 4.78 is 96.0. The molecule has 130 heavy (non-hydrogen) atoms. The molecule has 1 aromatic heterocycles. The molecular formula is C80H131N5O40S5. The highest BCUT2D eigenvalue weighted by Crippen LogP contribution is 2.47. The molecule has 14 bridgehead atoms. The van der Waals surface area contributed by atoms with Gasteiger partial charge < -0.3 is 199 Å². The smallest absolute Gasteiger partial charge is 0.407 e. The Morgan fingerprint density at radius 2 is 0.923 bits per heavy atom. The number of rotatable bonds is 24. The fraction of sp³-hybridized carbons (Fsp3) is 0.887. The van der Waals surface area contributed by atoms with Crippen LogP contribution in [-0.2, 0) is 90.2 Å². The van der Waals surface area contributed by atoms with Gasteiger partial charge in [0.25, 0.3) is 0 Å². The number of aromatic nitrogens is 1. The number of ether oxygens (including phenoxy) is 16. The first-order valence-electron chi connectivity index (χ1n) is 43.6. The number of thioether (sulfide) groups is 2. The van der Waals surface area contributed by atoms with Crippen LogP contribution in [0.5, 0.6) is 0 Å². The molecule has 0 spiro atoms. The van der Waals surface area contributed by atoms with Crippen molar-refractivity contribution in [2.24, 2.45) is 17.3 Å². The Bertz CT molecular complexity index is 3750. The summed E-state index contributed by atoms with van der Waals surface area (Å²) in [6, 6.07) is -1.39. The molecular weight excluding hydrogens is 1830 g/mol. The topological polar surface area (TPSA) is 685 Å². The molecule has 0 aliphatic carbocycles. The molecule has 23 aliphatic rings. The van der Waals surface area contributed by atoms with Gasteiger partial charge in [-0.3, -0.25) is 14.4 Å². The predicted molar refractivity (Wildman–Crippen MR) is 456 cm³/mol. The maximum atomic E-state index is 14.4. The Morgan fingerprint density at radius 1 is 0.554 bits per heavy atom. The number of carbonyl (C=O) groups is 4. The van der Waals surface area contributed by atoms with E-state index >= 15 is 0 Å². The molecule has 1 aromatic rings. The van der Waals surface area contributed by atoms with Crippen molar-refractivity contribution in [3.8, 4) is 0 Å². The number of aryl methyl sites for hydroxylation is 1. The van der Waals surface area contributed by atoms with Gasteiger partial charge >= 0.3 is 6.09 Å². The minimum absolute atomic E-state index is 0.0655. The summed E-state index contributed by atoms with van der Waals surface area (Å²) in [5.41, 5.74) is -0.282. The highest BCUT2D eigenvalue weighted by Gasteiger charge is 2.61. The summed E-state index contributed by atoms with van der Waals surface area (Å²) in [7, 11) is 4.25. The number of likely N-dealkylation sites (N-methyl/N-ethyl adjacent to an activating group) is 1. The van der Waals surface area contributed by atoms with Crippen molar-refractivity contribution in [1.82, 2.24) is 26.3 Å². The first-order valence-corrected chi connectivity index (χ1v) is 49.3. The molecule has 24 rings (SSSR count). The minimum Gasteiger partial charge on any atom is -0.445 e. The lowest BCUT2D eigenvalue weighted by Gasteiger charge is -2.50. The number of nitrogens with zero attached hydrogens (tertiary/aromatic N) is 1. The first kappa shape index (κ1) is 108. The SMILES string of the molecule is CCSCC1O[C@@H]2O[C@@H]3C(CO)O[C@H](O[C@@H]4C(CO)O[C@H](O[C@@H]5C(CSCC(NC)C(=O)NCCSSCCNC(=O)O[C@H]6[C@@H](C)CCC[C@@]7(C)O[C@H]7C[C@@H](/C(C)=C/c7csc(C)n7)NC(=O)C[C@H](O)C(C)(C)C(=O)[C@@H]6C)O[C@H](O[C@@H]6C(CO)O[C@H](O[C@@H]7C(CO)O[C@H](O[C@H]8C(CO)O[C@H](O[C@H]1[C@H](O)C2O)C(O)[C@H]8O)C(O)[C@H]7O)[C@@H](O)C6O)[C@@H](O)C5O)[C@@H](O)C4O)[C@@H](O)C3O. The van der Waals surface area contributed by atoms with Gasteiger partial charge in [-0.25, -0.2) is 9.78 Å². The zero-order valence-corrected chi connectivity index (χ0v) is 77.3. The molecule has 0 aromatic carbocycles. The van der Waals surface area contributed by atoms with Crippen molar-refractivity contribution in [2.75, 3.05) is 87.7 Å². The fourth-order valence-electron chi connectivity index (χ4n) is 17.4. The monoisotopic (exact) mass is 1960 g/mol. The van der Waals surface area contributed by atoms with E-state index in [0.29, 0.717) is 42.9 Å². The van der Waals surface area contributed by atoms with E-state index in [-0.39, 0.29) is 48.8 Å². The van der Waals surface area contributed by atoms with Crippen LogP contribution < -0.4 is 21.3 Å². The molecule has 0 radical (unpaired) electrons. The van der Waals surface area contributed by atoms with Gasteiger partial charge in [0, 0.05) is 53.7 Å². The summed E-state index contributed by atoms with van der Waals surface area (Å²) in [6.45, 7) is 9.31. The first-order chi connectivity index (χ1) is 61.8. The second-order valence-corrected chi connectivity index (χ2v) is 41.1. The number of fused-ring (bicyclic) bond motifs is 1. The quantitative estimate of drug-likeness (QED) is 0.0260. The average molecular weight is 1960 g/mol. The maximum absolute atomic E-state index is 14.4. The van der Waals surface area contributed by atoms with Crippen LogP contribution in [0.25, 0.3) is 6.08 Å². The van der Waals surface area contributed by atoms with Crippen molar-refractivity contribution in [3.63, 3.8) is 0 Å². The molecule has 23 fully saturated rings. The number of aliphatic hydroxyl groups is 20. The number of Topliss-reactive ketones (excluding diaryl/α,β-unsaturated/α-hetero) is 1. The van der Waals surface area contributed by atoms with Crippen LogP contribution in [-0.4, -0.2) is 469 Å². The van der Waals surface area contributed by atoms with Gasteiger partial charge in [0.05, 0.1) is 104 Å². The zero-order valence-electron chi connectivity index (χ0n) is 73.2. The number of ketones is 1. The highest BCUT2D eigenvalue weighted by molar-refractivity contribution is 8.76. The number of carbonyl (C=O) groups excluding carboxylic acids is 4. The summed E-state index contributed by atoms with van der Waals surface area (Å²) in [4.78, 5) is 60.2. The van der Waals surface area contributed by atoms with Crippen molar-refractivity contribution in [3.05, 3.63) is 21.7 Å². The number of hydrogen-bond donors (Lipinski definition) is 24. The molecule has 0 saturated carbocycles. The minimum atomic E-state index is -2.26. The molecule has 24 heterocycles. The summed E-state index contributed by atoms with van der Waals surface area (Å²) in [5, 5.41) is 245. The van der Waals surface area contributed by atoms with Crippen LogP contribution in [0.15, 0.2) is 11.0 Å². The van der Waals surface area contributed by atoms with Gasteiger partial charge in [-0.2, -0.15) is 23.5 Å². The van der Waals surface area contributed by atoms with Gasteiger partial charge in [-0.1, -0.05) is 62.6 Å².